The first kappa shape index (κ1) is 18.3. The van der Waals surface area contributed by atoms with Crippen LogP contribution in [0.25, 0.3) is 0 Å². The molecule has 1 aromatic rings. The molecule has 0 amide bonds. The van der Waals surface area contributed by atoms with E-state index < -0.39 is 0 Å². The molecule has 3 rings (SSSR count). The van der Waals surface area contributed by atoms with Crippen LogP contribution in [0.15, 0.2) is 23.2 Å². The predicted molar refractivity (Wildman–Crippen MR) is 103 cm³/mol. The predicted octanol–water partition coefficient (Wildman–Crippen LogP) is 2.69. The van der Waals surface area contributed by atoms with Gasteiger partial charge in [-0.05, 0) is 31.4 Å². The highest BCUT2D eigenvalue weighted by Crippen LogP contribution is 2.26. The second-order valence-electron chi connectivity index (χ2n) is 6.23. The van der Waals surface area contributed by atoms with Crippen LogP contribution in [-0.4, -0.2) is 43.3 Å². The van der Waals surface area contributed by atoms with Gasteiger partial charge in [0.2, 0.25) is 0 Å². The third-order valence-electron chi connectivity index (χ3n) is 4.27. The number of nitrogens with zero attached hydrogens (tertiary/aromatic N) is 2. The lowest BCUT2D eigenvalue weighted by Gasteiger charge is -2.18. The van der Waals surface area contributed by atoms with E-state index in [0.29, 0.717) is 25.2 Å². The molecule has 1 aromatic carbocycles. The van der Waals surface area contributed by atoms with Crippen LogP contribution in [0.3, 0.4) is 0 Å². The largest absolute Gasteiger partial charge is 0.488 e. The lowest BCUT2D eigenvalue weighted by atomic mass is 10.1. The smallest absolute Gasteiger partial charge is 0.191 e. The summed E-state index contributed by atoms with van der Waals surface area (Å²) in [6.45, 7) is 4.07. The van der Waals surface area contributed by atoms with E-state index in [-0.39, 0.29) is 30.1 Å². The number of hydrogen-bond donors (Lipinski definition) is 1. The number of ether oxygens (including phenoxy) is 2. The highest BCUT2D eigenvalue weighted by atomic mass is 127. The minimum atomic E-state index is 0. The lowest BCUT2D eigenvalue weighted by Crippen LogP contribution is -2.35. The summed E-state index contributed by atoms with van der Waals surface area (Å²) < 4.78 is 11.5. The molecule has 1 unspecified atom stereocenters. The van der Waals surface area contributed by atoms with Crippen molar-refractivity contribution in [3.8, 4) is 5.75 Å². The molecule has 5 nitrogen and oxygen atoms in total. The molecule has 0 spiro atoms. The van der Waals surface area contributed by atoms with Gasteiger partial charge in [-0.25, -0.2) is 4.99 Å². The van der Waals surface area contributed by atoms with E-state index in [1.54, 1.807) is 0 Å². The molecule has 0 bridgehead atoms. The first-order valence-electron chi connectivity index (χ1n) is 8.00. The van der Waals surface area contributed by atoms with Crippen LogP contribution >= 0.6 is 24.0 Å². The van der Waals surface area contributed by atoms with Crippen molar-refractivity contribution in [1.29, 1.82) is 0 Å². The van der Waals surface area contributed by atoms with Crippen LogP contribution in [0.2, 0.25) is 0 Å². The first-order valence-corrected chi connectivity index (χ1v) is 8.00. The van der Waals surface area contributed by atoms with Gasteiger partial charge in [0.1, 0.15) is 11.9 Å². The Bertz CT molecular complexity index is 555. The van der Waals surface area contributed by atoms with Crippen molar-refractivity contribution >= 4 is 29.9 Å². The molecule has 1 heterocycles. The van der Waals surface area contributed by atoms with Crippen molar-refractivity contribution in [2.24, 2.45) is 10.7 Å². The molecule has 1 saturated heterocycles. The molecular formula is C17H26IN3O2. The van der Waals surface area contributed by atoms with Gasteiger partial charge in [0.15, 0.2) is 5.96 Å². The fourth-order valence-corrected chi connectivity index (χ4v) is 2.61. The molecule has 6 heteroatoms. The third kappa shape index (κ3) is 4.97. The molecule has 23 heavy (non-hydrogen) atoms. The van der Waals surface area contributed by atoms with Crippen LogP contribution in [0, 0.1) is 6.92 Å². The summed E-state index contributed by atoms with van der Waals surface area (Å²) in [5, 5.41) is 0. The Kier molecular flexibility index (Phi) is 6.52. The molecule has 0 aromatic heterocycles. The zero-order chi connectivity index (χ0) is 15.5. The monoisotopic (exact) mass is 431 g/mol. The Morgan fingerprint density at radius 1 is 1.39 bits per heavy atom. The summed E-state index contributed by atoms with van der Waals surface area (Å²) in [7, 11) is 2.01. The maximum Gasteiger partial charge on any atom is 0.191 e. The van der Waals surface area contributed by atoms with Crippen molar-refractivity contribution in [2.45, 2.75) is 44.9 Å². The highest BCUT2D eigenvalue weighted by molar-refractivity contribution is 14.0. The zero-order valence-electron chi connectivity index (χ0n) is 13.8. The summed E-state index contributed by atoms with van der Waals surface area (Å²) >= 11 is 0. The van der Waals surface area contributed by atoms with Gasteiger partial charge < -0.3 is 20.1 Å². The van der Waals surface area contributed by atoms with Gasteiger partial charge in [0.25, 0.3) is 0 Å². The number of rotatable bonds is 5. The van der Waals surface area contributed by atoms with Crippen LogP contribution in [-0.2, 0) is 11.3 Å². The first-order chi connectivity index (χ1) is 10.6. The van der Waals surface area contributed by atoms with Crippen molar-refractivity contribution in [1.82, 2.24) is 4.90 Å². The van der Waals surface area contributed by atoms with E-state index in [1.165, 1.54) is 18.4 Å². The molecule has 1 aliphatic heterocycles. The van der Waals surface area contributed by atoms with E-state index in [4.69, 9.17) is 15.2 Å². The molecule has 0 radical (unpaired) electrons. The Morgan fingerprint density at radius 3 is 2.83 bits per heavy atom. The van der Waals surface area contributed by atoms with Gasteiger partial charge in [-0.15, -0.1) is 24.0 Å². The number of aryl methyl sites for hydroxylation is 1. The van der Waals surface area contributed by atoms with Crippen molar-refractivity contribution in [3.05, 3.63) is 29.3 Å². The highest BCUT2D eigenvalue weighted by Gasteiger charge is 2.27. The molecule has 2 fully saturated rings. The number of benzene rings is 1. The van der Waals surface area contributed by atoms with Crippen molar-refractivity contribution in [2.75, 3.05) is 20.3 Å². The maximum atomic E-state index is 6.09. The quantitative estimate of drug-likeness (QED) is 0.443. The number of nitrogens with two attached hydrogens (primary N) is 1. The van der Waals surface area contributed by atoms with Gasteiger partial charge in [0, 0.05) is 25.1 Å². The number of aliphatic imine (C=N–C) groups is 1. The molecule has 2 aliphatic rings. The van der Waals surface area contributed by atoms with E-state index >= 15 is 0 Å². The number of hydrogen-bond acceptors (Lipinski definition) is 3. The van der Waals surface area contributed by atoms with Gasteiger partial charge >= 0.3 is 0 Å². The van der Waals surface area contributed by atoms with E-state index in [9.17, 15) is 0 Å². The normalized spacial score (nSPS) is 21.0. The Labute approximate surface area is 155 Å². The lowest BCUT2D eigenvalue weighted by molar-refractivity contribution is 0.140. The van der Waals surface area contributed by atoms with Crippen LogP contribution < -0.4 is 10.5 Å². The fraction of sp³-hybridized carbons (Fsp3) is 0.588. The Balaban J connectivity index is 0.00000192. The molecular weight excluding hydrogens is 405 g/mol. The van der Waals surface area contributed by atoms with Gasteiger partial charge in [-0.3, -0.25) is 0 Å². The van der Waals surface area contributed by atoms with Crippen LogP contribution in [0.4, 0.5) is 0 Å². The molecule has 1 saturated carbocycles. The van der Waals surface area contributed by atoms with Gasteiger partial charge in [0.05, 0.1) is 19.8 Å². The minimum Gasteiger partial charge on any atom is -0.488 e. The van der Waals surface area contributed by atoms with Crippen molar-refractivity contribution < 1.29 is 9.47 Å². The summed E-state index contributed by atoms with van der Waals surface area (Å²) in [6, 6.07) is 6.82. The van der Waals surface area contributed by atoms with Gasteiger partial charge in [-0.2, -0.15) is 0 Å². The van der Waals surface area contributed by atoms with Gasteiger partial charge in [-0.1, -0.05) is 12.1 Å². The van der Waals surface area contributed by atoms with E-state index in [1.807, 2.05) is 7.05 Å². The molecule has 2 N–H and O–H groups in total. The molecule has 1 atom stereocenters. The zero-order valence-corrected chi connectivity index (χ0v) is 16.2. The van der Waals surface area contributed by atoms with Crippen LogP contribution in [0.5, 0.6) is 5.75 Å². The Hall–Kier alpha value is -1.02. The SMILES string of the molecule is Cc1ccc(CN=C(N)N(C)C2CC2)c(OC2CCOC2)c1.I. The average Bonchev–Trinajstić information content (AvgIpc) is 3.23. The van der Waals surface area contributed by atoms with Crippen molar-refractivity contribution in [3.63, 3.8) is 0 Å². The van der Waals surface area contributed by atoms with E-state index in [0.717, 1.165) is 24.3 Å². The molecule has 1 aliphatic carbocycles. The summed E-state index contributed by atoms with van der Waals surface area (Å²) in [5.74, 6) is 1.51. The van der Waals surface area contributed by atoms with Crippen LogP contribution in [0.1, 0.15) is 30.4 Å². The summed E-state index contributed by atoms with van der Waals surface area (Å²) in [4.78, 5) is 6.60. The topological polar surface area (TPSA) is 60.1 Å². The number of halogens is 1. The average molecular weight is 431 g/mol. The summed E-state index contributed by atoms with van der Waals surface area (Å²) in [6.07, 6.45) is 3.53. The number of guanidine groups is 1. The summed E-state index contributed by atoms with van der Waals surface area (Å²) in [5.41, 5.74) is 8.32. The second-order valence-corrected chi connectivity index (χ2v) is 6.23. The fourth-order valence-electron chi connectivity index (χ4n) is 2.61. The maximum absolute atomic E-state index is 6.09. The second kappa shape index (κ2) is 8.19. The Morgan fingerprint density at radius 2 is 2.17 bits per heavy atom. The van der Waals surface area contributed by atoms with E-state index in [2.05, 4.69) is 35.0 Å². The molecule has 128 valence electrons. The minimum absolute atomic E-state index is 0. The third-order valence-corrected chi connectivity index (χ3v) is 4.27. The standard InChI is InChI=1S/C17H25N3O2.HI/c1-12-3-4-13(10-19-17(18)20(2)14-5-6-14)16(9-12)22-15-7-8-21-11-15;/h3-4,9,14-15H,5-8,10-11H2,1-2H3,(H2,18,19);1H.